The van der Waals surface area contributed by atoms with E-state index in [0.717, 1.165) is 18.7 Å². The first-order valence-corrected chi connectivity index (χ1v) is 6.40. The molecule has 19 heavy (non-hydrogen) atoms. The fourth-order valence-electron chi connectivity index (χ4n) is 2.69. The Bertz CT molecular complexity index is 556. The van der Waals surface area contributed by atoms with E-state index >= 15 is 0 Å². The van der Waals surface area contributed by atoms with Gasteiger partial charge in [-0.2, -0.15) is 0 Å². The highest BCUT2D eigenvalue weighted by atomic mass is 19.1. The van der Waals surface area contributed by atoms with E-state index in [4.69, 9.17) is 0 Å². The van der Waals surface area contributed by atoms with Gasteiger partial charge >= 0.3 is 0 Å². The maximum absolute atomic E-state index is 13.8. The summed E-state index contributed by atoms with van der Waals surface area (Å²) in [4.78, 5) is 0. The van der Waals surface area contributed by atoms with Crippen LogP contribution in [0.15, 0.2) is 48.5 Å². The summed E-state index contributed by atoms with van der Waals surface area (Å²) in [5.74, 6) is -0.913. The molecule has 2 aromatic rings. The molecule has 0 atom stereocenters. The van der Waals surface area contributed by atoms with Crippen LogP contribution in [0.5, 0.6) is 0 Å². The van der Waals surface area contributed by atoms with Crippen molar-refractivity contribution >= 4 is 0 Å². The Morgan fingerprint density at radius 2 is 1.53 bits per heavy atom. The highest BCUT2D eigenvalue weighted by molar-refractivity contribution is 5.34. The summed E-state index contributed by atoms with van der Waals surface area (Å²) in [7, 11) is 0. The van der Waals surface area contributed by atoms with Crippen LogP contribution in [0.2, 0.25) is 0 Å². The van der Waals surface area contributed by atoms with E-state index in [1.54, 1.807) is 0 Å². The van der Waals surface area contributed by atoms with Crippen LogP contribution in [0.3, 0.4) is 0 Å². The molecule has 1 aliphatic heterocycles. The van der Waals surface area contributed by atoms with Crippen molar-refractivity contribution in [1.29, 1.82) is 0 Å². The summed E-state index contributed by atoms with van der Waals surface area (Å²) in [6, 6.07) is 14.0. The fourth-order valence-corrected chi connectivity index (χ4v) is 2.69. The van der Waals surface area contributed by atoms with Gasteiger partial charge < -0.3 is 5.32 Å². The van der Waals surface area contributed by atoms with Gasteiger partial charge in [0.05, 0.1) is 0 Å². The molecular weight excluding hydrogens is 244 g/mol. The number of rotatable bonds is 3. The van der Waals surface area contributed by atoms with Crippen LogP contribution in [0.4, 0.5) is 8.78 Å². The lowest BCUT2D eigenvalue weighted by atomic mass is 9.71. The summed E-state index contributed by atoms with van der Waals surface area (Å²) in [5.41, 5.74) is 1.13. The number of hydrogen-bond acceptors (Lipinski definition) is 1. The van der Waals surface area contributed by atoms with Crippen LogP contribution < -0.4 is 5.32 Å². The zero-order valence-corrected chi connectivity index (χ0v) is 10.5. The molecule has 0 aromatic heterocycles. The van der Waals surface area contributed by atoms with E-state index in [1.807, 2.05) is 30.3 Å². The summed E-state index contributed by atoms with van der Waals surface area (Å²) in [6.45, 7) is 1.51. The van der Waals surface area contributed by atoms with Crippen LogP contribution in [-0.2, 0) is 11.8 Å². The van der Waals surface area contributed by atoms with Gasteiger partial charge in [0.2, 0.25) is 0 Å². The van der Waals surface area contributed by atoms with Crippen molar-refractivity contribution in [3.05, 3.63) is 71.3 Å². The van der Waals surface area contributed by atoms with Crippen LogP contribution in [0, 0.1) is 11.6 Å². The molecule has 1 heterocycles. The predicted molar refractivity (Wildman–Crippen MR) is 71.1 cm³/mol. The minimum atomic E-state index is -0.456. The molecule has 1 N–H and O–H groups in total. The quantitative estimate of drug-likeness (QED) is 0.893. The Morgan fingerprint density at radius 3 is 2.05 bits per heavy atom. The average molecular weight is 259 g/mol. The third-order valence-corrected chi connectivity index (χ3v) is 3.89. The lowest BCUT2D eigenvalue weighted by molar-refractivity contribution is 0.269. The van der Waals surface area contributed by atoms with Crippen molar-refractivity contribution in [3.63, 3.8) is 0 Å². The Balaban J connectivity index is 1.97. The van der Waals surface area contributed by atoms with Gasteiger partial charge in [-0.25, -0.2) is 8.78 Å². The maximum atomic E-state index is 13.8. The molecule has 0 spiro atoms. The maximum Gasteiger partial charge on any atom is 0.129 e. The summed E-state index contributed by atoms with van der Waals surface area (Å²) in [5, 5.41) is 3.21. The second-order valence-electron chi connectivity index (χ2n) is 5.13. The minimum absolute atomic E-state index is 0.188. The summed E-state index contributed by atoms with van der Waals surface area (Å²) < 4.78 is 27.6. The molecule has 0 amide bonds. The van der Waals surface area contributed by atoms with Crippen molar-refractivity contribution in [2.45, 2.75) is 11.8 Å². The molecule has 1 fully saturated rings. The van der Waals surface area contributed by atoms with Crippen LogP contribution in [-0.4, -0.2) is 13.1 Å². The molecule has 3 rings (SSSR count). The van der Waals surface area contributed by atoms with Crippen molar-refractivity contribution in [1.82, 2.24) is 5.32 Å². The number of nitrogens with one attached hydrogen (secondary N) is 1. The summed E-state index contributed by atoms with van der Waals surface area (Å²) in [6.07, 6.45) is 0.391. The van der Waals surface area contributed by atoms with Gasteiger partial charge in [-0.05, 0) is 24.1 Å². The van der Waals surface area contributed by atoms with Crippen molar-refractivity contribution in [2.24, 2.45) is 0 Å². The fraction of sp³-hybridized carbons (Fsp3) is 0.250. The predicted octanol–water partition coefficient (Wildman–Crippen LogP) is 3.05. The second kappa shape index (κ2) is 4.74. The topological polar surface area (TPSA) is 12.0 Å². The Kier molecular flexibility index (Phi) is 3.07. The molecule has 2 aromatic carbocycles. The van der Waals surface area contributed by atoms with Gasteiger partial charge in [-0.1, -0.05) is 36.4 Å². The summed E-state index contributed by atoms with van der Waals surface area (Å²) >= 11 is 0. The normalized spacial score (nSPS) is 16.9. The van der Waals surface area contributed by atoms with Crippen molar-refractivity contribution < 1.29 is 8.78 Å². The lowest BCUT2D eigenvalue weighted by Gasteiger charge is -2.43. The Morgan fingerprint density at radius 1 is 0.895 bits per heavy atom. The minimum Gasteiger partial charge on any atom is -0.315 e. The third-order valence-electron chi connectivity index (χ3n) is 3.89. The molecule has 0 aliphatic carbocycles. The van der Waals surface area contributed by atoms with Crippen molar-refractivity contribution in [3.8, 4) is 0 Å². The molecular formula is C16H15F2N. The molecule has 0 bridgehead atoms. The van der Waals surface area contributed by atoms with Crippen LogP contribution in [0.1, 0.15) is 11.1 Å². The van der Waals surface area contributed by atoms with E-state index in [1.165, 1.54) is 18.2 Å². The molecule has 1 aliphatic rings. The first-order chi connectivity index (χ1) is 9.21. The lowest BCUT2D eigenvalue weighted by Crippen LogP contribution is -2.58. The van der Waals surface area contributed by atoms with Gasteiger partial charge in [0.1, 0.15) is 11.6 Å². The van der Waals surface area contributed by atoms with Crippen LogP contribution >= 0.6 is 0 Å². The molecule has 1 nitrogen and oxygen atoms in total. The molecule has 3 heteroatoms. The van der Waals surface area contributed by atoms with E-state index in [-0.39, 0.29) is 11.0 Å². The van der Waals surface area contributed by atoms with Crippen molar-refractivity contribution in [2.75, 3.05) is 13.1 Å². The second-order valence-corrected chi connectivity index (χ2v) is 5.13. The average Bonchev–Trinajstić information content (AvgIpc) is 2.38. The zero-order chi connectivity index (χ0) is 13.3. The van der Waals surface area contributed by atoms with Gasteiger partial charge in [0.15, 0.2) is 0 Å². The van der Waals surface area contributed by atoms with Gasteiger partial charge in [-0.15, -0.1) is 0 Å². The first kappa shape index (κ1) is 12.3. The first-order valence-electron chi connectivity index (χ1n) is 6.40. The Labute approximate surface area is 111 Å². The number of halogens is 2. The van der Waals surface area contributed by atoms with Crippen LogP contribution in [0.25, 0.3) is 0 Å². The zero-order valence-electron chi connectivity index (χ0n) is 10.5. The molecule has 0 unspecified atom stereocenters. The molecule has 0 radical (unpaired) electrons. The van der Waals surface area contributed by atoms with E-state index in [0.29, 0.717) is 6.42 Å². The molecule has 0 saturated carbocycles. The molecule has 98 valence electrons. The monoisotopic (exact) mass is 259 g/mol. The standard InChI is InChI=1S/C16H15F2N/c17-14-7-4-8-15(18)13(14)9-16(10-19-11-16)12-5-2-1-3-6-12/h1-8,19H,9-11H2. The highest BCUT2D eigenvalue weighted by Crippen LogP contribution is 2.33. The highest BCUT2D eigenvalue weighted by Gasteiger charge is 2.39. The number of benzene rings is 2. The van der Waals surface area contributed by atoms with Gasteiger partial charge in [0.25, 0.3) is 0 Å². The van der Waals surface area contributed by atoms with Gasteiger partial charge in [-0.3, -0.25) is 0 Å². The third kappa shape index (κ3) is 2.15. The van der Waals surface area contributed by atoms with Gasteiger partial charge in [0, 0.05) is 24.1 Å². The Hall–Kier alpha value is -1.74. The number of hydrogen-bond donors (Lipinski definition) is 1. The van der Waals surface area contributed by atoms with E-state index in [9.17, 15) is 8.78 Å². The SMILES string of the molecule is Fc1cccc(F)c1CC1(c2ccccc2)CNC1. The van der Waals surface area contributed by atoms with E-state index < -0.39 is 11.6 Å². The van der Waals surface area contributed by atoms with E-state index in [2.05, 4.69) is 5.32 Å². The smallest absolute Gasteiger partial charge is 0.129 e. The largest absolute Gasteiger partial charge is 0.315 e. The molecule has 1 saturated heterocycles.